The third kappa shape index (κ3) is 3.15. The highest BCUT2D eigenvalue weighted by Gasteiger charge is 2.12. The number of ether oxygens (including phenoxy) is 1. The van der Waals surface area contributed by atoms with Crippen LogP contribution in [0.4, 0.5) is 4.79 Å². The van der Waals surface area contributed by atoms with Crippen molar-refractivity contribution >= 4 is 23.2 Å². The van der Waals surface area contributed by atoms with Crippen molar-refractivity contribution in [3.05, 3.63) is 71.4 Å². The second kappa shape index (κ2) is 7.00. The van der Waals surface area contributed by atoms with Gasteiger partial charge >= 0.3 is 6.09 Å². The number of amides is 1. The molecule has 0 saturated heterocycles. The second-order valence-corrected chi connectivity index (χ2v) is 5.45. The van der Waals surface area contributed by atoms with Gasteiger partial charge < -0.3 is 9.30 Å². The van der Waals surface area contributed by atoms with Gasteiger partial charge in [-0.1, -0.05) is 48.5 Å². The first kappa shape index (κ1) is 15.8. The average Bonchev–Trinajstić information content (AvgIpc) is 2.88. The predicted octanol–water partition coefficient (Wildman–Crippen LogP) is 3.69. The SMILES string of the molecule is COC(=O)N/N=C/c1c(C)n(Cc2ccccc2)c2ccccc12. The lowest BCUT2D eigenvalue weighted by Gasteiger charge is -2.08. The molecular weight excluding hydrogens is 302 g/mol. The Balaban J connectivity index is 2.01. The molecule has 3 aromatic rings. The van der Waals surface area contributed by atoms with Gasteiger partial charge in [0, 0.05) is 28.7 Å². The molecule has 0 aliphatic carbocycles. The highest BCUT2D eigenvalue weighted by Crippen LogP contribution is 2.25. The summed E-state index contributed by atoms with van der Waals surface area (Å²) in [6.45, 7) is 2.84. The average molecular weight is 321 g/mol. The molecule has 0 atom stereocenters. The Bertz CT molecular complexity index is 882. The second-order valence-electron chi connectivity index (χ2n) is 5.45. The van der Waals surface area contributed by atoms with Gasteiger partial charge in [-0.2, -0.15) is 5.10 Å². The molecule has 2 aromatic carbocycles. The molecular formula is C19H19N3O2. The highest BCUT2D eigenvalue weighted by atomic mass is 16.5. The van der Waals surface area contributed by atoms with Crippen LogP contribution in [0.25, 0.3) is 10.9 Å². The Morgan fingerprint density at radius 1 is 1.17 bits per heavy atom. The summed E-state index contributed by atoms with van der Waals surface area (Å²) in [5.41, 5.74) is 6.78. The Labute approximate surface area is 140 Å². The lowest BCUT2D eigenvalue weighted by molar-refractivity contribution is 0.171. The first-order valence-corrected chi connectivity index (χ1v) is 7.69. The number of hydrogen-bond donors (Lipinski definition) is 1. The number of nitrogens with zero attached hydrogens (tertiary/aromatic N) is 2. The van der Waals surface area contributed by atoms with Crippen molar-refractivity contribution < 1.29 is 9.53 Å². The third-order valence-electron chi connectivity index (χ3n) is 4.00. The van der Waals surface area contributed by atoms with E-state index in [0.717, 1.165) is 28.7 Å². The van der Waals surface area contributed by atoms with Crippen molar-refractivity contribution in [3.8, 4) is 0 Å². The summed E-state index contributed by atoms with van der Waals surface area (Å²) in [7, 11) is 1.31. The fraction of sp³-hybridized carbons (Fsp3) is 0.158. The van der Waals surface area contributed by atoms with Gasteiger partial charge in [0.2, 0.25) is 0 Å². The number of para-hydroxylation sites is 1. The first-order valence-electron chi connectivity index (χ1n) is 7.69. The maximum Gasteiger partial charge on any atom is 0.427 e. The predicted molar refractivity (Wildman–Crippen MR) is 95.4 cm³/mol. The van der Waals surface area contributed by atoms with E-state index in [1.807, 2.05) is 30.3 Å². The summed E-state index contributed by atoms with van der Waals surface area (Å²) in [5.74, 6) is 0. The number of hydrazone groups is 1. The molecule has 5 heteroatoms. The summed E-state index contributed by atoms with van der Waals surface area (Å²) >= 11 is 0. The van der Waals surface area contributed by atoms with E-state index in [2.05, 4.69) is 51.0 Å². The van der Waals surface area contributed by atoms with E-state index in [1.165, 1.54) is 12.7 Å². The van der Waals surface area contributed by atoms with Crippen LogP contribution in [0.15, 0.2) is 59.7 Å². The van der Waals surface area contributed by atoms with Crippen molar-refractivity contribution in [2.24, 2.45) is 5.10 Å². The van der Waals surface area contributed by atoms with Gasteiger partial charge in [-0.3, -0.25) is 0 Å². The van der Waals surface area contributed by atoms with E-state index >= 15 is 0 Å². The fourth-order valence-electron chi connectivity index (χ4n) is 2.79. The molecule has 3 rings (SSSR count). The number of methoxy groups -OCH3 is 1. The Morgan fingerprint density at radius 3 is 2.62 bits per heavy atom. The topological polar surface area (TPSA) is 55.6 Å². The number of carbonyl (C=O) groups is 1. The summed E-state index contributed by atoms with van der Waals surface area (Å²) in [6.07, 6.45) is 1.08. The highest BCUT2D eigenvalue weighted by molar-refractivity contribution is 6.01. The van der Waals surface area contributed by atoms with Gasteiger partial charge in [0.15, 0.2) is 0 Å². The molecule has 0 aliphatic heterocycles. The Hall–Kier alpha value is -3.08. The van der Waals surface area contributed by atoms with Crippen molar-refractivity contribution in [2.75, 3.05) is 7.11 Å². The van der Waals surface area contributed by atoms with Crippen LogP contribution in [0.3, 0.4) is 0 Å². The summed E-state index contributed by atoms with van der Waals surface area (Å²) < 4.78 is 6.78. The number of fused-ring (bicyclic) bond motifs is 1. The van der Waals surface area contributed by atoms with Crippen molar-refractivity contribution in [3.63, 3.8) is 0 Å². The molecule has 1 amide bonds. The van der Waals surface area contributed by atoms with Crippen molar-refractivity contribution in [1.29, 1.82) is 0 Å². The number of rotatable bonds is 4. The van der Waals surface area contributed by atoms with Crippen LogP contribution in [0, 0.1) is 6.92 Å². The zero-order chi connectivity index (χ0) is 16.9. The normalized spacial score (nSPS) is 11.1. The Morgan fingerprint density at radius 2 is 1.88 bits per heavy atom. The van der Waals surface area contributed by atoms with E-state index < -0.39 is 6.09 Å². The molecule has 0 fully saturated rings. The van der Waals surface area contributed by atoms with E-state index in [-0.39, 0.29) is 0 Å². The molecule has 1 N–H and O–H groups in total. The van der Waals surface area contributed by atoms with Crippen molar-refractivity contribution in [2.45, 2.75) is 13.5 Å². The zero-order valence-corrected chi connectivity index (χ0v) is 13.7. The van der Waals surface area contributed by atoms with Crippen LogP contribution in [-0.2, 0) is 11.3 Å². The smallest absolute Gasteiger partial charge is 0.427 e. The van der Waals surface area contributed by atoms with E-state index in [4.69, 9.17) is 0 Å². The van der Waals surface area contributed by atoms with Crippen LogP contribution >= 0.6 is 0 Å². The van der Waals surface area contributed by atoms with Crippen LogP contribution in [0.2, 0.25) is 0 Å². The monoisotopic (exact) mass is 321 g/mol. The van der Waals surface area contributed by atoms with Crippen LogP contribution in [-0.4, -0.2) is 24.0 Å². The van der Waals surface area contributed by atoms with Gasteiger partial charge in [-0.05, 0) is 18.6 Å². The van der Waals surface area contributed by atoms with Gasteiger partial charge in [0.25, 0.3) is 0 Å². The minimum absolute atomic E-state index is 0.586. The molecule has 24 heavy (non-hydrogen) atoms. The minimum atomic E-state index is -0.586. The molecule has 0 bridgehead atoms. The number of carbonyl (C=O) groups excluding carboxylic acids is 1. The molecule has 0 spiro atoms. The number of nitrogens with one attached hydrogen (secondary N) is 1. The van der Waals surface area contributed by atoms with Gasteiger partial charge in [0.05, 0.1) is 13.3 Å². The maximum atomic E-state index is 11.1. The summed E-state index contributed by atoms with van der Waals surface area (Å²) in [4.78, 5) is 11.1. The minimum Gasteiger partial charge on any atom is -0.452 e. The van der Waals surface area contributed by atoms with Crippen molar-refractivity contribution in [1.82, 2.24) is 9.99 Å². The molecule has 0 unspecified atom stereocenters. The number of benzene rings is 2. The van der Waals surface area contributed by atoms with Gasteiger partial charge in [-0.15, -0.1) is 0 Å². The number of hydrogen-bond acceptors (Lipinski definition) is 3. The molecule has 1 heterocycles. The largest absolute Gasteiger partial charge is 0.452 e. The fourth-order valence-corrected chi connectivity index (χ4v) is 2.79. The quantitative estimate of drug-likeness (QED) is 0.588. The standard InChI is InChI=1S/C19H19N3O2/c1-14-17(12-20-21-19(23)24-2)16-10-6-7-11-18(16)22(14)13-15-8-4-3-5-9-15/h3-12H,13H2,1-2H3,(H,21,23)/b20-12+. The molecule has 0 saturated carbocycles. The molecule has 1 aromatic heterocycles. The Kier molecular flexibility index (Phi) is 4.61. The lowest BCUT2D eigenvalue weighted by atomic mass is 10.1. The van der Waals surface area contributed by atoms with E-state index in [0.29, 0.717) is 0 Å². The molecule has 5 nitrogen and oxygen atoms in total. The van der Waals surface area contributed by atoms with Crippen LogP contribution < -0.4 is 5.43 Å². The first-order chi connectivity index (χ1) is 11.7. The molecule has 0 radical (unpaired) electrons. The zero-order valence-electron chi connectivity index (χ0n) is 13.7. The van der Waals surface area contributed by atoms with Crippen LogP contribution in [0.1, 0.15) is 16.8 Å². The number of aromatic nitrogens is 1. The maximum absolute atomic E-state index is 11.1. The third-order valence-corrected chi connectivity index (χ3v) is 4.00. The van der Waals surface area contributed by atoms with E-state index in [9.17, 15) is 4.79 Å². The molecule has 122 valence electrons. The van der Waals surface area contributed by atoms with Crippen LogP contribution in [0.5, 0.6) is 0 Å². The van der Waals surface area contributed by atoms with Gasteiger partial charge in [-0.25, -0.2) is 10.2 Å². The summed E-state index contributed by atoms with van der Waals surface area (Å²) in [6, 6.07) is 18.5. The van der Waals surface area contributed by atoms with Gasteiger partial charge in [0.1, 0.15) is 0 Å². The molecule has 0 aliphatic rings. The summed E-state index contributed by atoms with van der Waals surface area (Å²) in [5, 5.41) is 5.08. The van der Waals surface area contributed by atoms with E-state index in [1.54, 1.807) is 6.21 Å². The lowest BCUT2D eigenvalue weighted by Crippen LogP contribution is -2.16.